The second-order valence-corrected chi connectivity index (χ2v) is 5.49. The zero-order chi connectivity index (χ0) is 14.5. The number of nitrogens with two attached hydrogens (primary N) is 1. The van der Waals surface area contributed by atoms with E-state index in [1.165, 1.54) is 37.6 Å². The molecule has 2 rings (SSSR count). The van der Waals surface area contributed by atoms with Crippen LogP contribution in [0.15, 0.2) is 18.2 Å². The summed E-state index contributed by atoms with van der Waals surface area (Å²) in [5, 5.41) is 0. The van der Waals surface area contributed by atoms with E-state index in [9.17, 15) is 4.79 Å². The molecule has 0 saturated carbocycles. The van der Waals surface area contributed by atoms with Crippen molar-refractivity contribution in [2.24, 2.45) is 5.73 Å². The second-order valence-electron chi connectivity index (χ2n) is 5.49. The van der Waals surface area contributed by atoms with Gasteiger partial charge in [0.15, 0.2) is 0 Å². The van der Waals surface area contributed by atoms with Crippen molar-refractivity contribution in [3.8, 4) is 0 Å². The van der Waals surface area contributed by atoms with Crippen LogP contribution >= 0.6 is 0 Å². The van der Waals surface area contributed by atoms with Gasteiger partial charge in [0.2, 0.25) is 0 Å². The van der Waals surface area contributed by atoms with Crippen molar-refractivity contribution in [1.82, 2.24) is 0 Å². The molecular formula is C16H24N2O2. The highest BCUT2D eigenvalue weighted by atomic mass is 16.5. The highest BCUT2D eigenvalue weighted by Crippen LogP contribution is 2.23. The topological polar surface area (TPSA) is 55.6 Å². The van der Waals surface area contributed by atoms with Gasteiger partial charge in [0, 0.05) is 18.8 Å². The average Bonchev–Trinajstić information content (AvgIpc) is 2.49. The van der Waals surface area contributed by atoms with Crippen LogP contribution in [0.4, 0.5) is 5.69 Å². The lowest BCUT2D eigenvalue weighted by Crippen LogP contribution is -2.34. The van der Waals surface area contributed by atoms with Crippen molar-refractivity contribution in [3.63, 3.8) is 0 Å². The fraction of sp³-hybridized carbons (Fsp3) is 0.562. The summed E-state index contributed by atoms with van der Waals surface area (Å²) in [5.74, 6) is -0.357. The Morgan fingerprint density at radius 3 is 2.65 bits per heavy atom. The van der Waals surface area contributed by atoms with Crippen LogP contribution in [0.1, 0.15) is 30.4 Å². The molecule has 110 valence electrons. The number of nitrogens with zero attached hydrogens (tertiary/aromatic N) is 1. The molecule has 0 spiro atoms. The molecule has 0 aliphatic carbocycles. The maximum absolute atomic E-state index is 11.4. The standard InChI is InChI=1S/C16H24N2O2/c1-12-10-14(18-8-4-3-5-9-18)7-6-13(12)11-15(17)16(19)20-2/h6-7,10,15H,3-5,8-9,11,17H2,1-2H3. The van der Waals surface area contributed by atoms with Crippen molar-refractivity contribution in [2.45, 2.75) is 38.6 Å². The molecule has 1 heterocycles. The van der Waals surface area contributed by atoms with Gasteiger partial charge in [-0.25, -0.2) is 0 Å². The monoisotopic (exact) mass is 276 g/mol. The molecule has 20 heavy (non-hydrogen) atoms. The Labute approximate surface area is 120 Å². The van der Waals surface area contributed by atoms with Gasteiger partial charge < -0.3 is 15.4 Å². The first-order valence-corrected chi connectivity index (χ1v) is 7.29. The average molecular weight is 276 g/mol. The van der Waals surface area contributed by atoms with Crippen molar-refractivity contribution in [3.05, 3.63) is 29.3 Å². The number of esters is 1. The molecule has 4 nitrogen and oxygen atoms in total. The van der Waals surface area contributed by atoms with E-state index in [2.05, 4.69) is 34.8 Å². The van der Waals surface area contributed by atoms with Crippen LogP contribution in [0, 0.1) is 6.92 Å². The van der Waals surface area contributed by atoms with Crippen LogP contribution in [0.2, 0.25) is 0 Å². The highest BCUT2D eigenvalue weighted by Gasteiger charge is 2.16. The van der Waals surface area contributed by atoms with Crippen molar-refractivity contribution in [2.75, 3.05) is 25.1 Å². The molecule has 0 bridgehead atoms. The van der Waals surface area contributed by atoms with E-state index < -0.39 is 6.04 Å². The lowest BCUT2D eigenvalue weighted by molar-refractivity contribution is -0.142. The maximum Gasteiger partial charge on any atom is 0.322 e. The van der Waals surface area contributed by atoms with E-state index >= 15 is 0 Å². The molecule has 2 N–H and O–H groups in total. The number of hydrogen-bond donors (Lipinski definition) is 1. The van der Waals surface area contributed by atoms with Gasteiger partial charge in [0.1, 0.15) is 6.04 Å². The third-order valence-electron chi connectivity index (χ3n) is 3.99. The summed E-state index contributed by atoms with van der Waals surface area (Å²) in [6.07, 6.45) is 4.41. The van der Waals surface area contributed by atoms with Crippen molar-refractivity contribution >= 4 is 11.7 Å². The van der Waals surface area contributed by atoms with Gasteiger partial charge >= 0.3 is 5.97 Å². The minimum absolute atomic E-state index is 0.357. The Hall–Kier alpha value is -1.55. The van der Waals surface area contributed by atoms with Gasteiger partial charge in [0.05, 0.1) is 7.11 Å². The normalized spacial score (nSPS) is 16.9. The number of carbonyl (C=O) groups excluding carboxylic acids is 1. The molecular weight excluding hydrogens is 252 g/mol. The van der Waals surface area contributed by atoms with E-state index in [-0.39, 0.29) is 5.97 Å². The summed E-state index contributed by atoms with van der Waals surface area (Å²) in [6, 6.07) is 5.84. The Balaban J connectivity index is 2.07. The number of piperidine rings is 1. The Kier molecular flexibility index (Phi) is 5.01. The van der Waals surface area contributed by atoms with Crippen LogP contribution in [0.5, 0.6) is 0 Å². The fourth-order valence-electron chi connectivity index (χ4n) is 2.73. The molecule has 1 aromatic rings. The van der Waals surface area contributed by atoms with E-state index in [1.807, 2.05) is 0 Å². The molecule has 0 aromatic heterocycles. The predicted molar refractivity (Wildman–Crippen MR) is 80.9 cm³/mol. The van der Waals surface area contributed by atoms with Crippen molar-refractivity contribution in [1.29, 1.82) is 0 Å². The molecule has 1 atom stereocenters. The zero-order valence-electron chi connectivity index (χ0n) is 12.4. The summed E-state index contributed by atoms with van der Waals surface area (Å²) < 4.78 is 4.67. The first-order valence-electron chi connectivity index (χ1n) is 7.29. The first-order chi connectivity index (χ1) is 9.61. The van der Waals surface area contributed by atoms with E-state index in [0.717, 1.165) is 18.7 Å². The smallest absolute Gasteiger partial charge is 0.322 e. The Morgan fingerprint density at radius 1 is 1.35 bits per heavy atom. The summed E-state index contributed by atoms with van der Waals surface area (Å²) in [5.41, 5.74) is 9.40. The molecule has 1 saturated heterocycles. The van der Waals surface area contributed by atoms with Crippen LogP contribution in [0.25, 0.3) is 0 Å². The lowest BCUT2D eigenvalue weighted by Gasteiger charge is -2.29. The van der Waals surface area contributed by atoms with Gasteiger partial charge in [-0.1, -0.05) is 6.07 Å². The third-order valence-corrected chi connectivity index (χ3v) is 3.99. The van der Waals surface area contributed by atoms with Gasteiger partial charge in [0.25, 0.3) is 0 Å². The number of methoxy groups -OCH3 is 1. The number of rotatable bonds is 4. The van der Waals surface area contributed by atoms with Gasteiger partial charge in [-0.3, -0.25) is 4.79 Å². The number of hydrogen-bond acceptors (Lipinski definition) is 4. The third kappa shape index (κ3) is 3.51. The van der Waals surface area contributed by atoms with Gasteiger partial charge in [-0.2, -0.15) is 0 Å². The van der Waals surface area contributed by atoms with Gasteiger partial charge in [-0.15, -0.1) is 0 Å². The van der Waals surface area contributed by atoms with E-state index in [1.54, 1.807) is 0 Å². The molecule has 1 aliphatic heterocycles. The minimum Gasteiger partial charge on any atom is -0.468 e. The van der Waals surface area contributed by atoms with E-state index in [0.29, 0.717) is 6.42 Å². The lowest BCUT2D eigenvalue weighted by atomic mass is 10.00. The molecule has 1 fully saturated rings. The summed E-state index contributed by atoms with van der Waals surface area (Å²) in [6.45, 7) is 4.35. The summed E-state index contributed by atoms with van der Waals surface area (Å²) in [4.78, 5) is 13.8. The van der Waals surface area contributed by atoms with Crippen LogP contribution in [0.3, 0.4) is 0 Å². The number of ether oxygens (including phenoxy) is 1. The quantitative estimate of drug-likeness (QED) is 0.855. The number of benzene rings is 1. The fourth-order valence-corrected chi connectivity index (χ4v) is 2.73. The number of anilines is 1. The molecule has 4 heteroatoms. The van der Waals surface area contributed by atoms with Crippen molar-refractivity contribution < 1.29 is 9.53 Å². The maximum atomic E-state index is 11.4. The van der Waals surface area contributed by atoms with Crippen LogP contribution in [-0.2, 0) is 16.0 Å². The summed E-state index contributed by atoms with van der Waals surface area (Å²) in [7, 11) is 1.37. The molecule has 1 aliphatic rings. The molecule has 1 aromatic carbocycles. The number of aryl methyl sites for hydroxylation is 1. The highest BCUT2D eigenvalue weighted by molar-refractivity contribution is 5.75. The van der Waals surface area contributed by atoms with Gasteiger partial charge in [-0.05, 0) is 55.9 Å². The van der Waals surface area contributed by atoms with Crippen LogP contribution in [-0.4, -0.2) is 32.2 Å². The van der Waals surface area contributed by atoms with Crippen LogP contribution < -0.4 is 10.6 Å². The SMILES string of the molecule is COC(=O)C(N)Cc1ccc(N2CCCCC2)cc1C. The summed E-state index contributed by atoms with van der Waals surface area (Å²) >= 11 is 0. The molecule has 0 amide bonds. The largest absolute Gasteiger partial charge is 0.468 e. The minimum atomic E-state index is -0.584. The molecule has 1 unspecified atom stereocenters. The Bertz CT molecular complexity index is 468. The van der Waals surface area contributed by atoms with E-state index in [4.69, 9.17) is 5.73 Å². The molecule has 0 radical (unpaired) electrons. The Morgan fingerprint density at radius 2 is 2.05 bits per heavy atom. The number of carbonyl (C=O) groups is 1. The second kappa shape index (κ2) is 6.75. The first kappa shape index (κ1) is 14.9. The predicted octanol–water partition coefficient (Wildman–Crippen LogP) is 2.03. The zero-order valence-corrected chi connectivity index (χ0v) is 12.4.